The Morgan fingerprint density at radius 2 is 1.74 bits per heavy atom. The molecule has 19 heavy (non-hydrogen) atoms. The summed E-state index contributed by atoms with van der Waals surface area (Å²) in [5, 5.41) is 1.99. The second-order valence-electron chi connectivity index (χ2n) is 4.77. The zero-order valence-corrected chi connectivity index (χ0v) is 13.7. The zero-order chi connectivity index (χ0) is 12.8. The standard InChI is InChI=1S/C14H14O3S.Na/c15-18(16,17)12-7-8-14-11(9-12)6-5-10-3-1-2-4-13(10)14;/h5-9H,1-4H2,(H,15,16,17);. The molecule has 0 bridgehead atoms. The van der Waals surface area contributed by atoms with Gasteiger partial charge in [-0.05, 0) is 59.7 Å². The fraction of sp³-hybridized carbons (Fsp3) is 0.286. The summed E-state index contributed by atoms with van der Waals surface area (Å²) in [5.41, 5.74) is 2.70. The van der Waals surface area contributed by atoms with Crippen LogP contribution in [0.3, 0.4) is 0 Å². The summed E-state index contributed by atoms with van der Waals surface area (Å²) >= 11 is 0. The molecule has 0 atom stereocenters. The summed E-state index contributed by atoms with van der Waals surface area (Å²) in [5.74, 6) is 0. The normalized spacial score (nSPS) is 14.8. The van der Waals surface area contributed by atoms with Crippen LogP contribution in [0.4, 0.5) is 0 Å². The molecule has 5 heteroatoms. The smallest absolute Gasteiger partial charge is 0.282 e. The second-order valence-corrected chi connectivity index (χ2v) is 6.19. The zero-order valence-electron chi connectivity index (χ0n) is 10.9. The second kappa shape index (κ2) is 5.54. The Kier molecular flexibility index (Phi) is 4.38. The van der Waals surface area contributed by atoms with Crippen molar-refractivity contribution in [1.82, 2.24) is 0 Å². The van der Waals surface area contributed by atoms with Gasteiger partial charge in [-0.25, -0.2) is 0 Å². The molecule has 0 spiro atoms. The molecular weight excluding hydrogens is 271 g/mol. The van der Waals surface area contributed by atoms with E-state index in [0.717, 1.165) is 23.6 Å². The topological polar surface area (TPSA) is 54.4 Å². The molecule has 0 unspecified atom stereocenters. The van der Waals surface area contributed by atoms with Crippen molar-refractivity contribution in [2.24, 2.45) is 0 Å². The molecule has 1 radical (unpaired) electrons. The first-order valence-corrected chi connectivity index (χ1v) is 7.52. The van der Waals surface area contributed by atoms with E-state index in [9.17, 15) is 8.42 Å². The van der Waals surface area contributed by atoms with E-state index in [4.69, 9.17) is 4.55 Å². The third-order valence-electron chi connectivity index (χ3n) is 3.62. The van der Waals surface area contributed by atoms with Crippen molar-refractivity contribution >= 4 is 50.4 Å². The van der Waals surface area contributed by atoms with Crippen molar-refractivity contribution in [1.29, 1.82) is 0 Å². The van der Waals surface area contributed by atoms with Gasteiger partial charge in [-0.15, -0.1) is 0 Å². The van der Waals surface area contributed by atoms with E-state index in [1.807, 2.05) is 12.1 Å². The summed E-state index contributed by atoms with van der Waals surface area (Å²) in [6.07, 6.45) is 4.57. The molecule has 0 saturated heterocycles. The molecule has 95 valence electrons. The van der Waals surface area contributed by atoms with E-state index in [1.165, 1.54) is 30.0 Å². The van der Waals surface area contributed by atoms with Crippen LogP contribution in [0.25, 0.3) is 10.8 Å². The number of benzene rings is 2. The molecule has 0 aromatic heterocycles. The van der Waals surface area contributed by atoms with E-state index in [-0.39, 0.29) is 34.5 Å². The molecule has 0 aliphatic heterocycles. The first-order chi connectivity index (χ1) is 8.55. The molecule has 1 N–H and O–H groups in total. The third-order valence-corrected chi connectivity index (χ3v) is 4.47. The van der Waals surface area contributed by atoms with Gasteiger partial charge in [0.05, 0.1) is 4.90 Å². The van der Waals surface area contributed by atoms with Gasteiger partial charge >= 0.3 is 0 Å². The number of rotatable bonds is 1. The molecule has 3 nitrogen and oxygen atoms in total. The van der Waals surface area contributed by atoms with Crippen molar-refractivity contribution in [3.63, 3.8) is 0 Å². The number of aryl methyl sites for hydroxylation is 2. The van der Waals surface area contributed by atoms with Crippen LogP contribution in [0.15, 0.2) is 35.2 Å². The Hall–Kier alpha value is -0.390. The van der Waals surface area contributed by atoms with Gasteiger partial charge in [-0.1, -0.05) is 18.2 Å². The molecule has 3 rings (SSSR count). The van der Waals surface area contributed by atoms with Crippen LogP contribution in [-0.4, -0.2) is 42.5 Å². The van der Waals surface area contributed by atoms with Gasteiger partial charge in [-0.2, -0.15) is 8.42 Å². The summed E-state index contributed by atoms with van der Waals surface area (Å²) in [6, 6.07) is 8.84. The van der Waals surface area contributed by atoms with Gasteiger partial charge in [-0.3, -0.25) is 4.55 Å². The van der Waals surface area contributed by atoms with Crippen LogP contribution in [0.2, 0.25) is 0 Å². The first kappa shape index (κ1) is 15.0. The van der Waals surface area contributed by atoms with E-state index < -0.39 is 10.1 Å². The minimum atomic E-state index is -4.12. The largest absolute Gasteiger partial charge is 0.294 e. The summed E-state index contributed by atoms with van der Waals surface area (Å²) in [7, 11) is -4.12. The van der Waals surface area contributed by atoms with Gasteiger partial charge in [0.1, 0.15) is 0 Å². The maximum Gasteiger partial charge on any atom is 0.294 e. The molecule has 0 saturated carbocycles. The van der Waals surface area contributed by atoms with E-state index >= 15 is 0 Å². The van der Waals surface area contributed by atoms with Crippen molar-refractivity contribution < 1.29 is 13.0 Å². The van der Waals surface area contributed by atoms with Gasteiger partial charge < -0.3 is 0 Å². The Bertz CT molecular complexity index is 723. The van der Waals surface area contributed by atoms with Crippen LogP contribution in [0.1, 0.15) is 24.0 Å². The summed E-state index contributed by atoms with van der Waals surface area (Å²) in [4.78, 5) is -0.0363. The van der Waals surface area contributed by atoms with Crippen LogP contribution in [-0.2, 0) is 23.0 Å². The van der Waals surface area contributed by atoms with Crippen molar-refractivity contribution in [3.05, 3.63) is 41.5 Å². The molecule has 1 aliphatic rings. The maximum absolute atomic E-state index is 11.1. The molecular formula is C14H14NaO3S. The third kappa shape index (κ3) is 2.88. The van der Waals surface area contributed by atoms with E-state index in [2.05, 4.69) is 6.07 Å². The quantitative estimate of drug-likeness (QED) is 0.647. The minimum Gasteiger partial charge on any atom is -0.282 e. The molecule has 2 aromatic carbocycles. The van der Waals surface area contributed by atoms with Crippen molar-refractivity contribution in [3.8, 4) is 0 Å². The predicted molar refractivity (Wildman–Crippen MR) is 76.2 cm³/mol. The van der Waals surface area contributed by atoms with Crippen LogP contribution in [0, 0.1) is 0 Å². The maximum atomic E-state index is 11.1. The SMILES string of the molecule is O=S(=O)(O)c1ccc2c3c(ccc2c1)CCCC3.[Na]. The van der Waals surface area contributed by atoms with Gasteiger partial charge in [0.2, 0.25) is 0 Å². The van der Waals surface area contributed by atoms with Crippen LogP contribution >= 0.6 is 0 Å². The number of fused-ring (bicyclic) bond motifs is 3. The Balaban J connectivity index is 0.00000133. The van der Waals surface area contributed by atoms with Crippen molar-refractivity contribution in [2.75, 3.05) is 0 Å². The summed E-state index contributed by atoms with van der Waals surface area (Å²) in [6.45, 7) is 0. The van der Waals surface area contributed by atoms with Gasteiger partial charge in [0.15, 0.2) is 0 Å². The Morgan fingerprint density at radius 3 is 2.47 bits per heavy atom. The molecule has 0 fully saturated rings. The molecule has 0 heterocycles. The number of hydrogen-bond donors (Lipinski definition) is 1. The Labute approximate surface area is 135 Å². The average molecular weight is 285 g/mol. The van der Waals surface area contributed by atoms with Gasteiger partial charge in [0, 0.05) is 29.6 Å². The number of hydrogen-bond acceptors (Lipinski definition) is 2. The molecule has 1 aliphatic carbocycles. The summed E-state index contributed by atoms with van der Waals surface area (Å²) < 4.78 is 31.3. The average Bonchev–Trinajstić information content (AvgIpc) is 2.37. The van der Waals surface area contributed by atoms with E-state index in [0.29, 0.717) is 0 Å². The van der Waals surface area contributed by atoms with Crippen LogP contribution in [0.5, 0.6) is 0 Å². The molecule has 2 aromatic rings. The first-order valence-electron chi connectivity index (χ1n) is 6.08. The van der Waals surface area contributed by atoms with E-state index in [1.54, 1.807) is 6.07 Å². The minimum absolute atomic E-state index is 0. The van der Waals surface area contributed by atoms with Gasteiger partial charge in [0.25, 0.3) is 10.1 Å². The molecule has 0 amide bonds. The fourth-order valence-corrected chi connectivity index (χ4v) is 3.24. The monoisotopic (exact) mass is 285 g/mol. The van der Waals surface area contributed by atoms with Crippen LogP contribution < -0.4 is 0 Å². The fourth-order valence-electron chi connectivity index (χ4n) is 2.72. The van der Waals surface area contributed by atoms with Crippen molar-refractivity contribution in [2.45, 2.75) is 30.6 Å². The predicted octanol–water partition coefficient (Wildman–Crippen LogP) is 2.58. The Morgan fingerprint density at radius 1 is 1.00 bits per heavy atom.